The van der Waals surface area contributed by atoms with Crippen LogP contribution in [0.1, 0.15) is 11.4 Å². The first kappa shape index (κ1) is 12.8. The van der Waals surface area contributed by atoms with Crippen LogP contribution in [0.5, 0.6) is 0 Å². The van der Waals surface area contributed by atoms with Crippen LogP contribution >= 0.6 is 0 Å². The summed E-state index contributed by atoms with van der Waals surface area (Å²) < 4.78 is 0. The number of hydrogen-bond donors (Lipinski definition) is 1. The van der Waals surface area contributed by atoms with E-state index in [4.69, 9.17) is 5.26 Å². The predicted octanol–water partition coefficient (Wildman–Crippen LogP) is 1.71. The van der Waals surface area contributed by atoms with Crippen LogP contribution in [0.3, 0.4) is 0 Å². The van der Waals surface area contributed by atoms with Crippen LogP contribution in [0.15, 0.2) is 30.6 Å². The van der Waals surface area contributed by atoms with Gasteiger partial charge in [0.25, 0.3) is 0 Å². The summed E-state index contributed by atoms with van der Waals surface area (Å²) in [5.74, 6) is 1.88. The van der Waals surface area contributed by atoms with E-state index in [2.05, 4.69) is 20.3 Å². The highest BCUT2D eigenvalue weighted by atomic mass is 15.2. The SMILES string of the molecule is Cc1nc(NC#N)cc(N(C)Cc2cccnc2)n1. The minimum Gasteiger partial charge on any atom is -0.355 e. The normalized spacial score (nSPS) is 9.74. The maximum Gasteiger partial charge on any atom is 0.182 e. The molecule has 0 unspecified atom stereocenters. The third-order valence-corrected chi connectivity index (χ3v) is 2.54. The molecule has 0 fully saturated rings. The molecule has 96 valence electrons. The zero-order valence-corrected chi connectivity index (χ0v) is 10.8. The number of anilines is 2. The average molecular weight is 254 g/mol. The molecule has 0 saturated carbocycles. The standard InChI is InChI=1S/C13H14N6/c1-10-17-12(16-9-14)6-13(18-10)19(2)8-11-4-3-5-15-7-11/h3-7H,8H2,1-2H3,(H,16,17,18). The molecule has 0 bridgehead atoms. The van der Waals surface area contributed by atoms with Gasteiger partial charge < -0.3 is 4.90 Å². The van der Waals surface area contributed by atoms with Crippen molar-refractivity contribution in [1.82, 2.24) is 15.0 Å². The molecule has 0 radical (unpaired) electrons. The Balaban J connectivity index is 2.19. The van der Waals surface area contributed by atoms with E-state index in [0.717, 1.165) is 11.4 Å². The first-order chi connectivity index (χ1) is 9.19. The van der Waals surface area contributed by atoms with E-state index in [-0.39, 0.29) is 0 Å². The lowest BCUT2D eigenvalue weighted by Gasteiger charge is -2.18. The molecule has 2 rings (SSSR count). The molecule has 0 aliphatic carbocycles. The number of pyridine rings is 1. The van der Waals surface area contributed by atoms with Crippen molar-refractivity contribution >= 4 is 11.6 Å². The van der Waals surface area contributed by atoms with Gasteiger partial charge in [-0.15, -0.1) is 0 Å². The molecule has 0 atom stereocenters. The van der Waals surface area contributed by atoms with Gasteiger partial charge in [-0.3, -0.25) is 10.3 Å². The number of nitrogens with zero attached hydrogens (tertiary/aromatic N) is 5. The highest BCUT2D eigenvalue weighted by molar-refractivity contribution is 5.50. The van der Waals surface area contributed by atoms with Gasteiger partial charge in [0, 0.05) is 32.1 Å². The minimum atomic E-state index is 0.503. The first-order valence-corrected chi connectivity index (χ1v) is 5.80. The Morgan fingerprint density at radius 2 is 2.26 bits per heavy atom. The molecule has 0 aliphatic rings. The number of rotatable bonds is 4. The lowest BCUT2D eigenvalue weighted by atomic mass is 10.2. The number of aryl methyl sites for hydroxylation is 1. The topological polar surface area (TPSA) is 77.7 Å². The zero-order chi connectivity index (χ0) is 13.7. The maximum atomic E-state index is 8.63. The third kappa shape index (κ3) is 3.39. The molecule has 0 saturated heterocycles. The smallest absolute Gasteiger partial charge is 0.182 e. The first-order valence-electron chi connectivity index (χ1n) is 5.80. The van der Waals surface area contributed by atoms with E-state index in [1.54, 1.807) is 19.2 Å². The van der Waals surface area contributed by atoms with Crippen LogP contribution in [0.2, 0.25) is 0 Å². The summed E-state index contributed by atoms with van der Waals surface area (Å²) in [7, 11) is 1.94. The van der Waals surface area contributed by atoms with Crippen molar-refractivity contribution < 1.29 is 0 Å². The highest BCUT2D eigenvalue weighted by Gasteiger charge is 2.07. The minimum absolute atomic E-state index is 0.503. The van der Waals surface area contributed by atoms with Crippen LogP contribution in [0.4, 0.5) is 11.6 Å². The van der Waals surface area contributed by atoms with Crippen molar-refractivity contribution in [2.45, 2.75) is 13.5 Å². The van der Waals surface area contributed by atoms with Crippen molar-refractivity contribution in [2.24, 2.45) is 0 Å². The summed E-state index contributed by atoms with van der Waals surface area (Å²) in [4.78, 5) is 14.5. The van der Waals surface area contributed by atoms with Gasteiger partial charge >= 0.3 is 0 Å². The van der Waals surface area contributed by atoms with Crippen LogP contribution in [-0.4, -0.2) is 22.0 Å². The van der Waals surface area contributed by atoms with Crippen molar-refractivity contribution in [1.29, 1.82) is 5.26 Å². The van der Waals surface area contributed by atoms with Crippen LogP contribution in [0.25, 0.3) is 0 Å². The Morgan fingerprint density at radius 3 is 2.95 bits per heavy atom. The molecule has 6 nitrogen and oxygen atoms in total. The van der Waals surface area contributed by atoms with Gasteiger partial charge in [-0.2, -0.15) is 5.26 Å². The van der Waals surface area contributed by atoms with Crippen molar-refractivity contribution in [3.8, 4) is 6.19 Å². The molecule has 0 aromatic carbocycles. The molecule has 0 spiro atoms. The summed E-state index contributed by atoms with van der Waals surface area (Å²) in [5.41, 5.74) is 1.09. The lowest BCUT2D eigenvalue weighted by Crippen LogP contribution is -2.18. The molecule has 1 N–H and O–H groups in total. The van der Waals surface area contributed by atoms with Gasteiger partial charge in [-0.25, -0.2) is 9.97 Å². The van der Waals surface area contributed by atoms with E-state index in [1.165, 1.54) is 0 Å². The summed E-state index contributed by atoms with van der Waals surface area (Å²) in [6, 6.07) is 5.65. The summed E-state index contributed by atoms with van der Waals surface area (Å²) in [6.07, 6.45) is 5.42. The number of aromatic nitrogens is 3. The van der Waals surface area contributed by atoms with Crippen LogP contribution in [-0.2, 0) is 6.54 Å². The Kier molecular flexibility index (Phi) is 3.88. The number of nitrogens with one attached hydrogen (secondary N) is 1. The fourth-order valence-electron chi connectivity index (χ4n) is 1.72. The largest absolute Gasteiger partial charge is 0.355 e. The third-order valence-electron chi connectivity index (χ3n) is 2.54. The molecule has 2 aromatic heterocycles. The number of nitriles is 1. The van der Waals surface area contributed by atoms with E-state index >= 15 is 0 Å². The number of hydrogen-bond acceptors (Lipinski definition) is 6. The van der Waals surface area contributed by atoms with Gasteiger partial charge in [-0.1, -0.05) is 6.07 Å². The Hall–Kier alpha value is -2.68. The maximum absolute atomic E-state index is 8.63. The summed E-state index contributed by atoms with van der Waals surface area (Å²) in [6.45, 7) is 2.49. The molecular weight excluding hydrogens is 240 g/mol. The van der Waals surface area contributed by atoms with E-state index in [9.17, 15) is 0 Å². The monoisotopic (exact) mass is 254 g/mol. The van der Waals surface area contributed by atoms with Crippen molar-refractivity contribution in [3.05, 3.63) is 42.0 Å². The average Bonchev–Trinajstić information content (AvgIpc) is 2.39. The van der Waals surface area contributed by atoms with Gasteiger partial charge in [0.2, 0.25) is 0 Å². The fourth-order valence-corrected chi connectivity index (χ4v) is 1.72. The van der Waals surface area contributed by atoms with E-state index < -0.39 is 0 Å². The van der Waals surface area contributed by atoms with Crippen molar-refractivity contribution in [2.75, 3.05) is 17.3 Å². The van der Waals surface area contributed by atoms with E-state index in [1.807, 2.05) is 36.5 Å². The van der Waals surface area contributed by atoms with E-state index in [0.29, 0.717) is 18.2 Å². The van der Waals surface area contributed by atoms with Gasteiger partial charge in [0.15, 0.2) is 6.19 Å². The van der Waals surface area contributed by atoms with Gasteiger partial charge in [-0.05, 0) is 18.6 Å². The highest BCUT2D eigenvalue weighted by Crippen LogP contribution is 2.16. The Morgan fingerprint density at radius 1 is 1.42 bits per heavy atom. The molecule has 6 heteroatoms. The lowest BCUT2D eigenvalue weighted by molar-refractivity contribution is 0.875. The second-order valence-electron chi connectivity index (χ2n) is 4.11. The summed E-state index contributed by atoms with van der Waals surface area (Å²) >= 11 is 0. The second kappa shape index (κ2) is 5.78. The second-order valence-corrected chi connectivity index (χ2v) is 4.11. The molecule has 0 aliphatic heterocycles. The molecule has 0 amide bonds. The van der Waals surface area contributed by atoms with Crippen molar-refractivity contribution in [3.63, 3.8) is 0 Å². The Labute approximate surface area is 111 Å². The molecule has 2 aromatic rings. The van der Waals surface area contributed by atoms with Gasteiger partial charge in [0.05, 0.1) is 0 Å². The molecule has 19 heavy (non-hydrogen) atoms. The predicted molar refractivity (Wildman–Crippen MR) is 72.3 cm³/mol. The fraction of sp³-hybridized carbons (Fsp3) is 0.231. The Bertz CT molecular complexity index is 590. The molecular formula is C13H14N6. The molecule has 2 heterocycles. The summed E-state index contributed by atoms with van der Waals surface area (Å²) in [5, 5.41) is 11.2. The quantitative estimate of drug-likeness (QED) is 0.661. The van der Waals surface area contributed by atoms with Crippen LogP contribution in [0, 0.1) is 18.4 Å². The van der Waals surface area contributed by atoms with Gasteiger partial charge in [0.1, 0.15) is 17.5 Å². The zero-order valence-electron chi connectivity index (χ0n) is 10.8. The van der Waals surface area contributed by atoms with Crippen LogP contribution < -0.4 is 10.2 Å².